The molecular weight excluding hydrogens is 129 g/mol. The van der Waals surface area contributed by atoms with Crippen LogP contribution in [0.5, 0.6) is 0 Å². The van der Waals surface area contributed by atoms with Crippen molar-refractivity contribution in [2.24, 2.45) is 11.3 Å². The van der Waals surface area contributed by atoms with Crippen molar-refractivity contribution in [3.05, 3.63) is 0 Å². The smallest absolute Gasteiger partial charge is 0.117 e. The lowest BCUT2D eigenvalue weighted by molar-refractivity contribution is 0.210. The summed E-state index contributed by atoms with van der Waals surface area (Å²) >= 11 is 0. The van der Waals surface area contributed by atoms with Crippen LogP contribution >= 0.6 is 0 Å². The Labute approximate surface area is 61.0 Å². The van der Waals surface area contributed by atoms with Crippen LogP contribution in [0, 0.1) is 11.3 Å². The van der Waals surface area contributed by atoms with Crippen LogP contribution in [0.1, 0.15) is 19.8 Å². The minimum atomic E-state index is -0.576. The molecule has 0 amide bonds. The summed E-state index contributed by atoms with van der Waals surface area (Å²) in [6, 6.07) is 0. The van der Waals surface area contributed by atoms with Crippen molar-refractivity contribution in [2.75, 3.05) is 13.1 Å². The molecule has 1 aliphatic carbocycles. The first-order valence-corrected chi connectivity index (χ1v) is 4.07. The Morgan fingerprint density at radius 2 is 2.10 bits per heavy atom. The van der Waals surface area contributed by atoms with Crippen molar-refractivity contribution < 1.29 is 4.39 Å². The average molecular weight is 143 g/mol. The third-order valence-corrected chi connectivity index (χ3v) is 3.07. The van der Waals surface area contributed by atoms with Crippen LogP contribution in [0.2, 0.25) is 0 Å². The number of hydrogen-bond acceptors (Lipinski definition) is 1. The summed E-state index contributed by atoms with van der Waals surface area (Å²) in [7, 11) is 0. The fraction of sp³-hybridized carbons (Fsp3) is 1.00. The highest BCUT2D eigenvalue weighted by Crippen LogP contribution is 2.53. The van der Waals surface area contributed by atoms with Crippen molar-refractivity contribution in [1.29, 1.82) is 0 Å². The summed E-state index contributed by atoms with van der Waals surface area (Å²) in [6.07, 6.45) is 1.90. The average Bonchev–Trinajstić information content (AvgIpc) is 2.44. The molecule has 2 rings (SSSR count). The van der Waals surface area contributed by atoms with Crippen LogP contribution < -0.4 is 5.32 Å². The first-order valence-electron chi connectivity index (χ1n) is 4.07. The SMILES string of the molecule is CC1(C2CNCC2F)CC1. The van der Waals surface area contributed by atoms with Crippen LogP contribution in [-0.2, 0) is 0 Å². The van der Waals surface area contributed by atoms with Crippen LogP contribution in [0.4, 0.5) is 4.39 Å². The predicted octanol–water partition coefficient (Wildman–Crippen LogP) is 1.34. The number of alkyl halides is 1. The van der Waals surface area contributed by atoms with Gasteiger partial charge in [0, 0.05) is 19.0 Å². The Morgan fingerprint density at radius 1 is 1.40 bits per heavy atom. The molecule has 2 atom stereocenters. The van der Waals surface area contributed by atoms with E-state index in [1.165, 1.54) is 12.8 Å². The molecule has 0 radical (unpaired) electrons. The summed E-state index contributed by atoms with van der Waals surface area (Å²) in [5, 5.41) is 3.09. The Balaban J connectivity index is 2.03. The number of nitrogens with one attached hydrogen (secondary N) is 1. The summed E-state index contributed by atoms with van der Waals surface area (Å²) in [6.45, 7) is 3.69. The highest BCUT2D eigenvalue weighted by atomic mass is 19.1. The van der Waals surface area contributed by atoms with E-state index in [1.807, 2.05) is 0 Å². The Hall–Kier alpha value is -0.110. The van der Waals surface area contributed by atoms with Gasteiger partial charge in [-0.3, -0.25) is 0 Å². The molecule has 0 aromatic carbocycles. The molecule has 58 valence electrons. The van der Waals surface area contributed by atoms with Gasteiger partial charge in [0.2, 0.25) is 0 Å². The van der Waals surface area contributed by atoms with E-state index < -0.39 is 6.17 Å². The normalized spacial score (nSPS) is 43.8. The fourth-order valence-electron chi connectivity index (χ4n) is 1.90. The van der Waals surface area contributed by atoms with Gasteiger partial charge in [0.05, 0.1) is 0 Å². The molecule has 1 aliphatic heterocycles. The Kier molecular flexibility index (Phi) is 1.28. The highest BCUT2D eigenvalue weighted by Gasteiger charge is 2.49. The standard InChI is InChI=1S/C8H14FN/c1-8(2-3-8)6-4-10-5-7(6)9/h6-7,10H,2-5H2,1H3. The van der Waals surface area contributed by atoms with E-state index in [9.17, 15) is 4.39 Å². The lowest BCUT2D eigenvalue weighted by atomic mass is 9.89. The third-order valence-electron chi connectivity index (χ3n) is 3.07. The van der Waals surface area contributed by atoms with E-state index >= 15 is 0 Å². The third kappa shape index (κ3) is 0.858. The largest absolute Gasteiger partial charge is 0.313 e. The quantitative estimate of drug-likeness (QED) is 0.584. The second kappa shape index (κ2) is 1.94. The molecule has 2 aliphatic rings. The maximum absolute atomic E-state index is 13.1. The van der Waals surface area contributed by atoms with E-state index in [0.29, 0.717) is 17.9 Å². The zero-order valence-electron chi connectivity index (χ0n) is 6.36. The molecule has 1 heterocycles. The van der Waals surface area contributed by atoms with Crippen molar-refractivity contribution >= 4 is 0 Å². The molecule has 2 heteroatoms. The highest BCUT2D eigenvalue weighted by molar-refractivity contribution is 5.01. The molecule has 0 aromatic rings. The van der Waals surface area contributed by atoms with Gasteiger partial charge in [-0.2, -0.15) is 0 Å². The summed E-state index contributed by atoms with van der Waals surface area (Å²) in [5.41, 5.74) is 0.364. The molecule has 1 N–H and O–H groups in total. The molecule has 0 bridgehead atoms. The molecule has 1 saturated carbocycles. The van der Waals surface area contributed by atoms with Gasteiger partial charge in [-0.05, 0) is 18.3 Å². The first kappa shape index (κ1) is 6.59. The van der Waals surface area contributed by atoms with Gasteiger partial charge < -0.3 is 5.32 Å². The van der Waals surface area contributed by atoms with Gasteiger partial charge in [-0.25, -0.2) is 4.39 Å². The van der Waals surface area contributed by atoms with Crippen molar-refractivity contribution in [2.45, 2.75) is 25.9 Å². The number of hydrogen-bond donors (Lipinski definition) is 1. The van der Waals surface area contributed by atoms with Gasteiger partial charge in [-0.1, -0.05) is 6.92 Å². The summed E-state index contributed by atoms with van der Waals surface area (Å²) in [5.74, 6) is 0.312. The zero-order chi connectivity index (χ0) is 7.19. The van der Waals surface area contributed by atoms with Crippen LogP contribution in [-0.4, -0.2) is 19.3 Å². The van der Waals surface area contributed by atoms with Gasteiger partial charge in [-0.15, -0.1) is 0 Å². The van der Waals surface area contributed by atoms with Gasteiger partial charge in [0.1, 0.15) is 6.17 Å². The predicted molar refractivity (Wildman–Crippen MR) is 38.6 cm³/mol. The van der Waals surface area contributed by atoms with Gasteiger partial charge in [0.25, 0.3) is 0 Å². The van der Waals surface area contributed by atoms with Crippen LogP contribution in [0.15, 0.2) is 0 Å². The molecule has 0 spiro atoms. The Morgan fingerprint density at radius 3 is 2.50 bits per heavy atom. The van der Waals surface area contributed by atoms with E-state index in [1.54, 1.807) is 0 Å². The Bertz CT molecular complexity index is 142. The minimum Gasteiger partial charge on any atom is -0.313 e. The second-order valence-corrected chi connectivity index (χ2v) is 3.93. The van der Waals surface area contributed by atoms with Gasteiger partial charge >= 0.3 is 0 Å². The molecule has 0 aromatic heterocycles. The molecule has 1 nitrogen and oxygen atoms in total. The minimum absolute atomic E-state index is 0.312. The number of halogens is 1. The zero-order valence-corrected chi connectivity index (χ0v) is 6.36. The van der Waals surface area contributed by atoms with E-state index in [2.05, 4.69) is 12.2 Å². The molecule has 2 fully saturated rings. The van der Waals surface area contributed by atoms with E-state index in [-0.39, 0.29) is 0 Å². The van der Waals surface area contributed by atoms with Crippen molar-refractivity contribution in [1.82, 2.24) is 5.32 Å². The topological polar surface area (TPSA) is 12.0 Å². The maximum Gasteiger partial charge on any atom is 0.117 e. The van der Waals surface area contributed by atoms with Crippen LogP contribution in [0.25, 0.3) is 0 Å². The molecule has 10 heavy (non-hydrogen) atoms. The van der Waals surface area contributed by atoms with Crippen molar-refractivity contribution in [3.63, 3.8) is 0 Å². The number of rotatable bonds is 1. The van der Waals surface area contributed by atoms with E-state index in [4.69, 9.17) is 0 Å². The lowest BCUT2D eigenvalue weighted by Gasteiger charge is -2.18. The van der Waals surface area contributed by atoms with Crippen LogP contribution in [0.3, 0.4) is 0 Å². The second-order valence-electron chi connectivity index (χ2n) is 3.93. The first-order chi connectivity index (χ1) is 4.72. The molecule has 2 unspecified atom stereocenters. The molecule has 1 saturated heterocycles. The fourth-order valence-corrected chi connectivity index (χ4v) is 1.90. The molecular formula is C8H14FN. The van der Waals surface area contributed by atoms with Crippen molar-refractivity contribution in [3.8, 4) is 0 Å². The lowest BCUT2D eigenvalue weighted by Crippen LogP contribution is -2.22. The maximum atomic E-state index is 13.1. The monoisotopic (exact) mass is 143 g/mol. The van der Waals surface area contributed by atoms with Gasteiger partial charge in [0.15, 0.2) is 0 Å². The van der Waals surface area contributed by atoms with E-state index in [0.717, 1.165) is 6.54 Å². The summed E-state index contributed by atoms with van der Waals surface area (Å²) < 4.78 is 13.1. The summed E-state index contributed by atoms with van der Waals surface area (Å²) in [4.78, 5) is 0.